The van der Waals surface area contributed by atoms with Gasteiger partial charge in [0.05, 0.1) is 13.2 Å². The van der Waals surface area contributed by atoms with Crippen molar-refractivity contribution in [3.05, 3.63) is 47.7 Å². The van der Waals surface area contributed by atoms with Crippen LogP contribution in [0.5, 0.6) is 0 Å². The summed E-state index contributed by atoms with van der Waals surface area (Å²) >= 11 is 0. The molecule has 0 aromatic heterocycles. The minimum Gasteiger partial charge on any atom is -0.482 e. The highest BCUT2D eigenvalue weighted by atomic mass is 16.5. The van der Waals surface area contributed by atoms with E-state index >= 15 is 0 Å². The lowest BCUT2D eigenvalue weighted by molar-refractivity contribution is -0.135. The van der Waals surface area contributed by atoms with Gasteiger partial charge in [-0.2, -0.15) is 0 Å². The Labute approximate surface area is 120 Å². The van der Waals surface area contributed by atoms with Crippen molar-refractivity contribution in [3.63, 3.8) is 0 Å². The number of carbonyl (C=O) groups is 1. The highest BCUT2D eigenvalue weighted by Gasteiger charge is 2.06. The topological polar surface area (TPSA) is 35.5 Å². The van der Waals surface area contributed by atoms with Crippen molar-refractivity contribution in [1.82, 2.24) is 0 Å². The molecule has 1 aromatic carbocycles. The molecular formula is C17H20O3. The van der Waals surface area contributed by atoms with Crippen molar-refractivity contribution in [1.29, 1.82) is 0 Å². The Hall–Kier alpha value is -2.21. The van der Waals surface area contributed by atoms with Crippen LogP contribution in [0.1, 0.15) is 32.3 Å². The molecule has 0 spiro atoms. The maximum atomic E-state index is 11.1. The molecule has 1 rings (SSSR count). The van der Waals surface area contributed by atoms with Crippen LogP contribution in [0.4, 0.5) is 0 Å². The summed E-state index contributed by atoms with van der Waals surface area (Å²) in [5.41, 5.74) is 0.951. The Morgan fingerprint density at radius 3 is 2.65 bits per heavy atom. The molecular weight excluding hydrogens is 252 g/mol. The van der Waals surface area contributed by atoms with Gasteiger partial charge >= 0.3 is 5.97 Å². The minimum absolute atomic E-state index is 0.221. The number of carbonyl (C=O) groups excluding carboxylic acids is 1. The van der Waals surface area contributed by atoms with Gasteiger partial charge in [-0.25, -0.2) is 4.79 Å². The highest BCUT2D eigenvalue weighted by Crippen LogP contribution is 2.08. The van der Waals surface area contributed by atoms with E-state index in [9.17, 15) is 4.79 Å². The molecule has 0 aliphatic carbocycles. The Balaban J connectivity index is 2.73. The Bertz CT molecular complexity index is 506. The summed E-state index contributed by atoms with van der Waals surface area (Å²) in [6.45, 7) is 3.80. The molecule has 0 amide bonds. The maximum absolute atomic E-state index is 11.1. The maximum Gasteiger partial charge on any atom is 0.333 e. The molecule has 0 aliphatic heterocycles. The third kappa shape index (κ3) is 6.10. The van der Waals surface area contributed by atoms with Gasteiger partial charge in [0.15, 0.2) is 6.10 Å². The van der Waals surface area contributed by atoms with Crippen LogP contribution in [0.25, 0.3) is 0 Å². The molecule has 0 bridgehead atoms. The van der Waals surface area contributed by atoms with Crippen molar-refractivity contribution < 1.29 is 14.3 Å². The van der Waals surface area contributed by atoms with E-state index in [1.165, 1.54) is 13.2 Å². The van der Waals surface area contributed by atoms with Gasteiger partial charge in [0, 0.05) is 5.56 Å². The average molecular weight is 272 g/mol. The fourth-order valence-electron chi connectivity index (χ4n) is 1.59. The van der Waals surface area contributed by atoms with Crippen molar-refractivity contribution in [2.24, 2.45) is 0 Å². The first-order valence-corrected chi connectivity index (χ1v) is 6.65. The van der Waals surface area contributed by atoms with E-state index in [2.05, 4.69) is 23.5 Å². The van der Waals surface area contributed by atoms with Crippen LogP contribution in [0.15, 0.2) is 42.2 Å². The zero-order valence-electron chi connectivity index (χ0n) is 12.2. The lowest BCUT2D eigenvalue weighted by atomic mass is 10.2. The fourth-order valence-corrected chi connectivity index (χ4v) is 1.59. The molecule has 1 aromatic rings. The van der Waals surface area contributed by atoms with Crippen molar-refractivity contribution in [2.45, 2.75) is 32.8 Å². The van der Waals surface area contributed by atoms with Gasteiger partial charge < -0.3 is 9.47 Å². The predicted molar refractivity (Wildman–Crippen MR) is 78.9 cm³/mol. The second-order valence-electron chi connectivity index (χ2n) is 4.31. The zero-order chi connectivity index (χ0) is 14.8. The van der Waals surface area contributed by atoms with E-state index in [4.69, 9.17) is 4.74 Å². The van der Waals surface area contributed by atoms with E-state index in [0.29, 0.717) is 5.76 Å². The summed E-state index contributed by atoms with van der Waals surface area (Å²) in [5.74, 6) is 6.27. The number of allylic oxidation sites excluding steroid dienone is 1. The normalized spacial score (nSPS) is 12.1. The van der Waals surface area contributed by atoms with Gasteiger partial charge in [-0.05, 0) is 25.5 Å². The molecule has 3 heteroatoms. The smallest absolute Gasteiger partial charge is 0.333 e. The third-order valence-electron chi connectivity index (χ3n) is 2.55. The number of hydrogen-bond donors (Lipinski definition) is 0. The lowest BCUT2D eigenvalue weighted by Gasteiger charge is -2.13. The van der Waals surface area contributed by atoms with E-state index in [-0.39, 0.29) is 6.10 Å². The summed E-state index contributed by atoms with van der Waals surface area (Å²) in [6, 6.07) is 9.75. The summed E-state index contributed by atoms with van der Waals surface area (Å²) in [4.78, 5) is 11.1. The van der Waals surface area contributed by atoms with Crippen LogP contribution in [0.3, 0.4) is 0 Å². The van der Waals surface area contributed by atoms with Crippen molar-refractivity contribution >= 4 is 5.97 Å². The van der Waals surface area contributed by atoms with Gasteiger partial charge in [0.25, 0.3) is 0 Å². The molecule has 0 heterocycles. The quantitative estimate of drug-likeness (QED) is 0.357. The first-order chi connectivity index (χ1) is 9.65. The lowest BCUT2D eigenvalue weighted by Crippen LogP contribution is -2.10. The van der Waals surface area contributed by atoms with Crippen molar-refractivity contribution in [2.75, 3.05) is 7.11 Å². The molecule has 0 radical (unpaired) electrons. The second-order valence-corrected chi connectivity index (χ2v) is 4.31. The number of benzene rings is 1. The molecule has 1 unspecified atom stereocenters. The third-order valence-corrected chi connectivity index (χ3v) is 2.55. The second kappa shape index (κ2) is 8.82. The average Bonchev–Trinajstić information content (AvgIpc) is 2.46. The van der Waals surface area contributed by atoms with Crippen LogP contribution in [-0.4, -0.2) is 19.2 Å². The molecule has 0 fully saturated rings. The number of hydrogen-bond acceptors (Lipinski definition) is 3. The number of rotatable bonds is 5. The minimum atomic E-state index is -0.422. The molecule has 106 valence electrons. The molecule has 0 aliphatic rings. The Morgan fingerprint density at radius 2 is 2.05 bits per heavy atom. The fraction of sp³-hybridized carbons (Fsp3) is 0.353. The highest BCUT2D eigenvalue weighted by molar-refractivity contribution is 5.82. The number of methoxy groups -OCH3 is 1. The number of esters is 1. The van der Waals surface area contributed by atoms with Gasteiger partial charge in [-0.3, -0.25) is 0 Å². The van der Waals surface area contributed by atoms with Crippen LogP contribution >= 0.6 is 0 Å². The summed E-state index contributed by atoms with van der Waals surface area (Å²) in [5, 5.41) is 0. The van der Waals surface area contributed by atoms with E-state index in [0.717, 1.165) is 18.4 Å². The van der Waals surface area contributed by atoms with Crippen LogP contribution in [0.2, 0.25) is 0 Å². The summed E-state index contributed by atoms with van der Waals surface area (Å²) < 4.78 is 10.2. The molecule has 0 saturated carbocycles. The van der Waals surface area contributed by atoms with Crippen LogP contribution in [0, 0.1) is 11.8 Å². The Kier molecular flexibility index (Phi) is 6.99. The van der Waals surface area contributed by atoms with E-state index < -0.39 is 5.97 Å². The SMILES string of the molecule is CCCC(C#Cc1ccccc1)O/C(C)=C/C(=O)OC. The van der Waals surface area contributed by atoms with Crippen LogP contribution in [-0.2, 0) is 14.3 Å². The molecule has 0 N–H and O–H groups in total. The molecule has 3 nitrogen and oxygen atoms in total. The largest absolute Gasteiger partial charge is 0.482 e. The monoisotopic (exact) mass is 272 g/mol. The van der Waals surface area contributed by atoms with Crippen LogP contribution < -0.4 is 0 Å². The van der Waals surface area contributed by atoms with Gasteiger partial charge in [-0.1, -0.05) is 43.4 Å². The first kappa shape index (κ1) is 15.8. The molecule has 0 saturated heterocycles. The summed E-state index contributed by atoms with van der Waals surface area (Å²) in [7, 11) is 1.34. The summed E-state index contributed by atoms with van der Waals surface area (Å²) in [6.07, 6.45) is 2.87. The molecule has 20 heavy (non-hydrogen) atoms. The molecule has 1 atom stereocenters. The Morgan fingerprint density at radius 1 is 1.35 bits per heavy atom. The predicted octanol–water partition coefficient (Wildman–Crippen LogP) is 3.30. The zero-order valence-corrected chi connectivity index (χ0v) is 12.2. The standard InChI is InChI=1S/C17H20O3/c1-4-8-16(20-14(2)13-17(18)19-3)12-11-15-9-6-5-7-10-15/h5-7,9-10,13,16H,4,8H2,1-3H3/b14-13+. The number of ether oxygens (including phenoxy) is 2. The van der Waals surface area contributed by atoms with Gasteiger partial charge in [0.1, 0.15) is 5.76 Å². The van der Waals surface area contributed by atoms with Gasteiger partial charge in [0.2, 0.25) is 0 Å². The van der Waals surface area contributed by atoms with Crippen molar-refractivity contribution in [3.8, 4) is 11.8 Å². The van der Waals surface area contributed by atoms with E-state index in [1.54, 1.807) is 6.92 Å². The first-order valence-electron chi connectivity index (χ1n) is 6.65. The van der Waals surface area contributed by atoms with E-state index in [1.807, 2.05) is 30.3 Å². The van der Waals surface area contributed by atoms with Gasteiger partial charge in [-0.15, -0.1) is 0 Å².